The van der Waals surface area contributed by atoms with Crippen molar-refractivity contribution in [1.82, 2.24) is 9.80 Å². The highest BCUT2D eigenvalue weighted by molar-refractivity contribution is 7.80. The second kappa shape index (κ2) is 10.4. The van der Waals surface area contributed by atoms with Crippen LogP contribution < -0.4 is 5.32 Å². The Balaban J connectivity index is 1.71. The molecular formula is C20H22Cl2FN3OS. The number of halogens is 3. The van der Waals surface area contributed by atoms with Crippen LogP contribution in [0.4, 0.5) is 10.1 Å². The van der Waals surface area contributed by atoms with E-state index in [4.69, 9.17) is 40.2 Å². The molecule has 0 amide bonds. The molecule has 0 unspecified atom stereocenters. The zero-order valence-corrected chi connectivity index (χ0v) is 17.7. The van der Waals surface area contributed by atoms with Gasteiger partial charge in [-0.25, -0.2) is 4.39 Å². The number of hydrogen-bond donors (Lipinski definition) is 1. The third-order valence-corrected chi connectivity index (χ3v) is 5.48. The molecule has 1 saturated heterocycles. The number of rotatable bonds is 6. The van der Waals surface area contributed by atoms with Crippen molar-refractivity contribution in [3.63, 3.8) is 0 Å². The first-order chi connectivity index (χ1) is 13.5. The molecule has 0 aliphatic carbocycles. The number of morpholine rings is 1. The second-order valence-corrected chi connectivity index (χ2v) is 7.75. The molecule has 1 aliphatic rings. The Morgan fingerprint density at radius 1 is 1.18 bits per heavy atom. The van der Waals surface area contributed by atoms with Crippen LogP contribution in [0.2, 0.25) is 10.0 Å². The fourth-order valence-electron chi connectivity index (χ4n) is 2.96. The van der Waals surface area contributed by atoms with Crippen molar-refractivity contribution in [3.05, 3.63) is 63.9 Å². The highest BCUT2D eigenvalue weighted by Gasteiger charge is 2.17. The van der Waals surface area contributed by atoms with Crippen LogP contribution in [0.3, 0.4) is 0 Å². The summed E-state index contributed by atoms with van der Waals surface area (Å²) in [5.41, 5.74) is 1.26. The van der Waals surface area contributed by atoms with Crippen molar-refractivity contribution in [2.75, 3.05) is 44.7 Å². The molecule has 0 aromatic heterocycles. The SMILES string of the molecule is Fc1ccccc1CN(CCN1CCOCC1)C(=S)Nc1ccc(Cl)cc1Cl. The number of benzene rings is 2. The lowest BCUT2D eigenvalue weighted by molar-refractivity contribution is 0.0358. The van der Waals surface area contributed by atoms with E-state index in [9.17, 15) is 4.39 Å². The van der Waals surface area contributed by atoms with Crippen molar-refractivity contribution in [2.24, 2.45) is 0 Å². The zero-order valence-electron chi connectivity index (χ0n) is 15.3. The Morgan fingerprint density at radius 2 is 1.93 bits per heavy atom. The Hall–Kier alpha value is -1.44. The average molecular weight is 442 g/mol. The van der Waals surface area contributed by atoms with E-state index in [0.717, 1.165) is 32.8 Å². The number of ether oxygens (including phenoxy) is 1. The fourth-order valence-corrected chi connectivity index (χ4v) is 3.68. The number of anilines is 1. The summed E-state index contributed by atoms with van der Waals surface area (Å²) in [4.78, 5) is 4.27. The zero-order chi connectivity index (χ0) is 19.9. The standard InChI is InChI=1S/C20H22Cl2FN3OS/c21-16-5-6-19(17(22)13-16)24-20(28)26(8-7-25-9-11-27-12-10-25)14-15-3-1-2-4-18(15)23/h1-6,13H,7-12,14H2,(H,24,28). The van der Waals surface area contributed by atoms with Crippen molar-refractivity contribution >= 4 is 46.2 Å². The van der Waals surface area contributed by atoms with Gasteiger partial charge in [0.25, 0.3) is 0 Å². The van der Waals surface area contributed by atoms with Gasteiger partial charge >= 0.3 is 0 Å². The molecule has 0 spiro atoms. The molecule has 1 aliphatic heterocycles. The van der Waals surface area contributed by atoms with E-state index in [2.05, 4.69) is 10.2 Å². The molecule has 8 heteroatoms. The van der Waals surface area contributed by atoms with Crippen LogP contribution in [0.15, 0.2) is 42.5 Å². The second-order valence-electron chi connectivity index (χ2n) is 6.52. The third-order valence-electron chi connectivity index (χ3n) is 4.57. The number of nitrogens with zero attached hydrogens (tertiary/aromatic N) is 2. The van der Waals surface area contributed by atoms with Crippen LogP contribution in [-0.4, -0.2) is 54.3 Å². The molecule has 150 valence electrons. The van der Waals surface area contributed by atoms with Gasteiger partial charge in [-0.3, -0.25) is 4.90 Å². The van der Waals surface area contributed by atoms with Crippen LogP contribution in [0.5, 0.6) is 0 Å². The minimum Gasteiger partial charge on any atom is -0.379 e. The number of thiocarbonyl (C=S) groups is 1. The van der Waals surface area contributed by atoms with Gasteiger partial charge in [-0.15, -0.1) is 0 Å². The van der Waals surface area contributed by atoms with Crippen molar-refractivity contribution < 1.29 is 9.13 Å². The minimum atomic E-state index is -0.244. The summed E-state index contributed by atoms with van der Waals surface area (Å²) in [7, 11) is 0. The first kappa shape index (κ1) is 21.3. The third kappa shape index (κ3) is 6.03. The number of hydrogen-bond acceptors (Lipinski definition) is 3. The van der Waals surface area contributed by atoms with Gasteiger partial charge in [-0.05, 0) is 36.5 Å². The van der Waals surface area contributed by atoms with Crippen molar-refractivity contribution in [3.8, 4) is 0 Å². The summed E-state index contributed by atoms with van der Waals surface area (Å²) in [5, 5.41) is 4.69. The van der Waals surface area contributed by atoms with Gasteiger partial charge in [0.15, 0.2) is 5.11 Å². The van der Waals surface area contributed by atoms with Crippen LogP contribution in [0.25, 0.3) is 0 Å². The Morgan fingerprint density at radius 3 is 2.64 bits per heavy atom. The van der Waals surface area contributed by atoms with Gasteiger partial charge in [0, 0.05) is 43.3 Å². The molecule has 2 aromatic carbocycles. The van der Waals surface area contributed by atoms with Gasteiger partial charge in [0.1, 0.15) is 5.82 Å². The lowest BCUT2D eigenvalue weighted by Gasteiger charge is -2.31. The lowest BCUT2D eigenvalue weighted by atomic mass is 10.2. The molecule has 1 heterocycles. The van der Waals surface area contributed by atoms with E-state index in [0.29, 0.717) is 39.5 Å². The lowest BCUT2D eigenvalue weighted by Crippen LogP contribution is -2.44. The van der Waals surface area contributed by atoms with Gasteiger partial charge in [-0.2, -0.15) is 0 Å². The Kier molecular flexibility index (Phi) is 7.88. The highest BCUT2D eigenvalue weighted by Crippen LogP contribution is 2.26. The Bertz CT molecular complexity index is 818. The van der Waals surface area contributed by atoms with Crippen molar-refractivity contribution in [2.45, 2.75) is 6.54 Å². The molecule has 28 heavy (non-hydrogen) atoms. The van der Waals surface area contributed by atoms with E-state index in [1.54, 1.807) is 30.3 Å². The van der Waals surface area contributed by atoms with E-state index in [-0.39, 0.29) is 5.82 Å². The van der Waals surface area contributed by atoms with Crippen LogP contribution in [0.1, 0.15) is 5.56 Å². The monoisotopic (exact) mass is 441 g/mol. The maximum atomic E-state index is 14.2. The first-order valence-corrected chi connectivity index (χ1v) is 10.2. The smallest absolute Gasteiger partial charge is 0.173 e. The molecule has 0 bridgehead atoms. The van der Waals surface area contributed by atoms with Crippen LogP contribution >= 0.6 is 35.4 Å². The van der Waals surface area contributed by atoms with E-state index >= 15 is 0 Å². The summed E-state index contributed by atoms with van der Waals surface area (Å²) in [6.07, 6.45) is 0. The summed E-state index contributed by atoms with van der Waals surface area (Å²) < 4.78 is 19.6. The maximum absolute atomic E-state index is 14.2. The van der Waals surface area contributed by atoms with Gasteiger partial charge in [0.05, 0.1) is 23.9 Å². The van der Waals surface area contributed by atoms with E-state index in [1.165, 1.54) is 6.07 Å². The molecular weight excluding hydrogens is 420 g/mol. The summed E-state index contributed by atoms with van der Waals surface area (Å²) in [6, 6.07) is 11.9. The van der Waals surface area contributed by atoms with Gasteiger partial charge < -0.3 is 15.0 Å². The summed E-state index contributed by atoms with van der Waals surface area (Å²) >= 11 is 17.8. The van der Waals surface area contributed by atoms with E-state index < -0.39 is 0 Å². The summed E-state index contributed by atoms with van der Waals surface area (Å²) in [6.45, 7) is 5.08. The average Bonchev–Trinajstić information content (AvgIpc) is 2.69. The highest BCUT2D eigenvalue weighted by atomic mass is 35.5. The Labute approximate surface area is 180 Å². The molecule has 3 rings (SSSR count). The first-order valence-electron chi connectivity index (χ1n) is 9.07. The largest absolute Gasteiger partial charge is 0.379 e. The predicted molar refractivity (Wildman–Crippen MR) is 117 cm³/mol. The van der Waals surface area contributed by atoms with Crippen LogP contribution in [0, 0.1) is 5.82 Å². The topological polar surface area (TPSA) is 27.7 Å². The molecule has 0 saturated carbocycles. The number of nitrogens with one attached hydrogen (secondary N) is 1. The molecule has 0 radical (unpaired) electrons. The van der Waals surface area contributed by atoms with Gasteiger partial charge in [-0.1, -0.05) is 41.4 Å². The van der Waals surface area contributed by atoms with Crippen LogP contribution in [-0.2, 0) is 11.3 Å². The normalized spacial score (nSPS) is 14.7. The van der Waals surface area contributed by atoms with Gasteiger partial charge in [0.2, 0.25) is 0 Å². The minimum absolute atomic E-state index is 0.244. The van der Waals surface area contributed by atoms with E-state index in [1.807, 2.05) is 11.0 Å². The van der Waals surface area contributed by atoms with Crippen molar-refractivity contribution in [1.29, 1.82) is 0 Å². The maximum Gasteiger partial charge on any atom is 0.173 e. The molecule has 1 fully saturated rings. The molecule has 2 aromatic rings. The quantitative estimate of drug-likeness (QED) is 0.657. The molecule has 1 N–H and O–H groups in total. The fraction of sp³-hybridized carbons (Fsp3) is 0.350. The molecule has 4 nitrogen and oxygen atoms in total. The molecule has 0 atom stereocenters. The summed E-state index contributed by atoms with van der Waals surface area (Å²) in [5.74, 6) is -0.244. The predicted octanol–water partition coefficient (Wildman–Crippen LogP) is 4.66.